The van der Waals surface area contributed by atoms with Crippen molar-refractivity contribution in [1.29, 1.82) is 0 Å². The van der Waals surface area contributed by atoms with Crippen molar-refractivity contribution in [1.82, 2.24) is 0 Å². The molecule has 1 spiro atoms. The molecule has 10 aromatic carbocycles. The lowest BCUT2D eigenvalue weighted by Crippen LogP contribution is -2.20. The lowest BCUT2D eigenvalue weighted by atomic mass is 9.76. The summed E-state index contributed by atoms with van der Waals surface area (Å²) in [7, 11) is 0. The molecule has 0 aromatic heterocycles. The second kappa shape index (κ2) is 15.9. The number of hydrogen-bond acceptors (Lipinski definition) is 1. The average molecular weight is 818 g/mol. The van der Waals surface area contributed by atoms with E-state index < -0.39 is 0 Å². The smallest absolute Gasteiger partial charge is 0.0540 e. The van der Waals surface area contributed by atoms with Crippen LogP contribution in [0.25, 0.3) is 77.5 Å². The van der Waals surface area contributed by atoms with Gasteiger partial charge in [0.15, 0.2) is 0 Å². The highest BCUT2D eigenvalue weighted by atomic mass is 15.1. The standard InChI is InChI=1S/C63H47N/c1-2-18-45(19-3-1)52-25-6-7-26-54(52)55-27-8-9-28-56(55)59-30-11-13-33-62(59)64(50-23-16-22-48(42-50)53-31-17-21-46-20-4-5-24-51(46)53)49-37-34-44(35-38-49)47-36-39-58-57-29-10-12-32-60(57)63(61(58)43-47)40-14-15-41-63/h1-13,16-39,42-43H,14-15,40-41H2. The quantitative estimate of drug-likeness (QED) is 0.148. The molecule has 304 valence electrons. The first kappa shape index (κ1) is 38.0. The molecule has 1 nitrogen and oxygen atoms in total. The van der Waals surface area contributed by atoms with Gasteiger partial charge in [-0.25, -0.2) is 0 Å². The van der Waals surface area contributed by atoms with Crippen molar-refractivity contribution < 1.29 is 0 Å². The largest absolute Gasteiger partial charge is 0.310 e. The summed E-state index contributed by atoms with van der Waals surface area (Å²) in [6, 6.07) is 87.5. The SMILES string of the molecule is c1ccc(-c2ccccc2-c2ccccc2-c2ccccc2N(c2ccc(-c3ccc4c(c3)C3(CCCC3)c3ccccc3-4)cc2)c2cccc(-c3cccc4ccccc34)c2)cc1. The number of nitrogens with zero attached hydrogens (tertiary/aromatic N) is 1. The van der Waals surface area contributed by atoms with E-state index in [0.29, 0.717) is 0 Å². The molecule has 0 unspecified atom stereocenters. The van der Waals surface area contributed by atoms with Crippen LogP contribution in [-0.2, 0) is 5.41 Å². The monoisotopic (exact) mass is 817 g/mol. The highest BCUT2D eigenvalue weighted by Crippen LogP contribution is 2.57. The molecule has 10 aromatic rings. The summed E-state index contributed by atoms with van der Waals surface area (Å²) in [5, 5.41) is 2.49. The van der Waals surface area contributed by atoms with Gasteiger partial charge in [0.1, 0.15) is 0 Å². The van der Waals surface area contributed by atoms with Gasteiger partial charge in [-0.2, -0.15) is 0 Å². The van der Waals surface area contributed by atoms with E-state index in [9.17, 15) is 0 Å². The number of anilines is 3. The lowest BCUT2D eigenvalue weighted by molar-refractivity contribution is 0.550. The van der Waals surface area contributed by atoms with E-state index in [1.165, 1.54) is 114 Å². The summed E-state index contributed by atoms with van der Waals surface area (Å²) in [6.45, 7) is 0. The van der Waals surface area contributed by atoms with Gasteiger partial charge in [0, 0.05) is 22.4 Å². The number of benzene rings is 10. The van der Waals surface area contributed by atoms with Crippen LogP contribution in [0.4, 0.5) is 17.1 Å². The first-order valence-electron chi connectivity index (χ1n) is 22.8. The Kier molecular flexibility index (Phi) is 9.42. The van der Waals surface area contributed by atoms with Crippen molar-refractivity contribution in [2.75, 3.05) is 4.90 Å². The molecular formula is C63H47N. The Balaban J connectivity index is 1.01. The summed E-state index contributed by atoms with van der Waals surface area (Å²) >= 11 is 0. The van der Waals surface area contributed by atoms with Crippen molar-refractivity contribution in [2.45, 2.75) is 31.1 Å². The van der Waals surface area contributed by atoms with Gasteiger partial charge < -0.3 is 4.90 Å². The summed E-state index contributed by atoms with van der Waals surface area (Å²) in [4.78, 5) is 2.46. The molecule has 1 fully saturated rings. The Morgan fingerprint density at radius 3 is 1.64 bits per heavy atom. The van der Waals surface area contributed by atoms with Crippen LogP contribution in [0.3, 0.4) is 0 Å². The third kappa shape index (κ3) is 6.39. The Hall–Kier alpha value is -7.74. The van der Waals surface area contributed by atoms with Gasteiger partial charge in [-0.3, -0.25) is 0 Å². The van der Waals surface area contributed by atoms with Crippen molar-refractivity contribution in [3.63, 3.8) is 0 Å². The predicted octanol–water partition coefficient (Wildman–Crippen LogP) is 17.5. The third-order valence-electron chi connectivity index (χ3n) is 14.1. The summed E-state index contributed by atoms with van der Waals surface area (Å²) in [6.07, 6.45) is 5.03. The Bertz CT molecular complexity index is 3330. The molecule has 0 bridgehead atoms. The van der Waals surface area contributed by atoms with Crippen LogP contribution in [0.5, 0.6) is 0 Å². The Morgan fingerprint density at radius 1 is 0.297 bits per heavy atom. The molecule has 1 saturated carbocycles. The highest BCUT2D eigenvalue weighted by molar-refractivity contribution is 6.00. The van der Waals surface area contributed by atoms with Crippen molar-refractivity contribution in [3.05, 3.63) is 248 Å². The maximum absolute atomic E-state index is 2.51. The van der Waals surface area contributed by atoms with E-state index >= 15 is 0 Å². The lowest BCUT2D eigenvalue weighted by Gasteiger charge is -2.29. The third-order valence-corrected chi connectivity index (χ3v) is 14.1. The van der Waals surface area contributed by atoms with E-state index in [0.717, 1.165) is 17.1 Å². The number of para-hydroxylation sites is 1. The minimum atomic E-state index is 0.134. The van der Waals surface area contributed by atoms with Gasteiger partial charge in [-0.1, -0.05) is 213 Å². The second-order valence-electron chi connectivity index (χ2n) is 17.5. The minimum Gasteiger partial charge on any atom is -0.310 e. The average Bonchev–Trinajstić information content (AvgIpc) is 3.98. The number of hydrogen-bond donors (Lipinski definition) is 0. The first-order chi connectivity index (χ1) is 31.7. The zero-order valence-electron chi connectivity index (χ0n) is 35.8. The number of rotatable bonds is 8. The minimum absolute atomic E-state index is 0.134. The van der Waals surface area contributed by atoms with Crippen LogP contribution in [-0.4, -0.2) is 0 Å². The maximum Gasteiger partial charge on any atom is 0.0540 e. The van der Waals surface area contributed by atoms with Crippen LogP contribution in [0.1, 0.15) is 36.8 Å². The van der Waals surface area contributed by atoms with Gasteiger partial charge in [-0.15, -0.1) is 0 Å². The van der Waals surface area contributed by atoms with Crippen molar-refractivity contribution in [2.24, 2.45) is 0 Å². The molecule has 64 heavy (non-hydrogen) atoms. The fourth-order valence-electron chi connectivity index (χ4n) is 11.1. The maximum atomic E-state index is 2.51. The van der Waals surface area contributed by atoms with Gasteiger partial charge in [-0.05, 0) is 132 Å². The topological polar surface area (TPSA) is 3.24 Å². The summed E-state index contributed by atoms with van der Waals surface area (Å²) in [5.74, 6) is 0. The van der Waals surface area contributed by atoms with Crippen LogP contribution in [0.2, 0.25) is 0 Å². The van der Waals surface area contributed by atoms with Crippen molar-refractivity contribution in [3.8, 4) is 66.8 Å². The predicted molar refractivity (Wildman–Crippen MR) is 270 cm³/mol. The fraction of sp³-hybridized carbons (Fsp3) is 0.0794. The van der Waals surface area contributed by atoms with Gasteiger partial charge in [0.2, 0.25) is 0 Å². The molecule has 0 heterocycles. The zero-order valence-corrected chi connectivity index (χ0v) is 35.8. The normalized spacial score (nSPS) is 13.5. The molecule has 1 heteroatoms. The molecule has 0 aliphatic heterocycles. The van der Waals surface area contributed by atoms with Gasteiger partial charge >= 0.3 is 0 Å². The van der Waals surface area contributed by atoms with Gasteiger partial charge in [0.25, 0.3) is 0 Å². The molecule has 0 saturated heterocycles. The molecule has 0 amide bonds. The van der Waals surface area contributed by atoms with E-state index in [1.807, 2.05) is 0 Å². The van der Waals surface area contributed by atoms with E-state index in [1.54, 1.807) is 0 Å². The molecular weight excluding hydrogens is 771 g/mol. The molecule has 2 aliphatic carbocycles. The first-order valence-corrected chi connectivity index (χ1v) is 22.8. The van der Waals surface area contributed by atoms with E-state index in [2.05, 4.69) is 241 Å². The molecule has 0 atom stereocenters. The molecule has 12 rings (SSSR count). The van der Waals surface area contributed by atoms with E-state index in [-0.39, 0.29) is 5.41 Å². The summed E-state index contributed by atoms with van der Waals surface area (Å²) in [5.41, 5.74) is 21.5. The van der Waals surface area contributed by atoms with Crippen LogP contribution in [0.15, 0.2) is 237 Å². The summed E-state index contributed by atoms with van der Waals surface area (Å²) < 4.78 is 0. The number of fused-ring (bicyclic) bond motifs is 6. The molecule has 2 aliphatic rings. The Labute approximate surface area is 376 Å². The van der Waals surface area contributed by atoms with Gasteiger partial charge in [0.05, 0.1) is 5.69 Å². The highest BCUT2D eigenvalue weighted by Gasteiger charge is 2.44. The molecule has 0 N–H and O–H groups in total. The fourth-order valence-corrected chi connectivity index (χ4v) is 11.1. The second-order valence-corrected chi connectivity index (χ2v) is 17.5. The van der Waals surface area contributed by atoms with Crippen LogP contribution >= 0.6 is 0 Å². The van der Waals surface area contributed by atoms with Crippen molar-refractivity contribution >= 4 is 27.8 Å². The Morgan fingerprint density at radius 2 is 0.844 bits per heavy atom. The van der Waals surface area contributed by atoms with Crippen LogP contribution < -0.4 is 4.90 Å². The zero-order chi connectivity index (χ0) is 42.5. The molecule has 0 radical (unpaired) electrons. The van der Waals surface area contributed by atoms with E-state index in [4.69, 9.17) is 0 Å². The van der Waals surface area contributed by atoms with Crippen LogP contribution in [0, 0.1) is 0 Å².